The Balaban J connectivity index is 0.00000342. The lowest BCUT2D eigenvalue weighted by Gasteiger charge is -2.28. The molecule has 1 aromatic heterocycles. The molecule has 0 saturated heterocycles. The number of nitrogens with zero attached hydrogens (tertiary/aromatic N) is 2. The number of rotatable bonds is 4. The van der Waals surface area contributed by atoms with Crippen molar-refractivity contribution in [2.24, 2.45) is 5.73 Å². The molecule has 0 bridgehead atoms. The van der Waals surface area contributed by atoms with Crippen molar-refractivity contribution in [2.75, 3.05) is 6.54 Å². The van der Waals surface area contributed by atoms with Crippen molar-refractivity contribution in [3.8, 4) is 28.8 Å². The SMILES string of the molecule is Cc1c(C(=O)N[C@H]2CCCC[C@H]2O)nn(-c2ccc(C#CCN)cc2Cl)c1-c1ccc(Cl)cc1.Cl. The molecule has 2 atom stereocenters. The Labute approximate surface area is 221 Å². The van der Waals surface area contributed by atoms with Crippen LogP contribution in [0.4, 0.5) is 0 Å². The smallest absolute Gasteiger partial charge is 0.272 e. The number of halogens is 3. The molecule has 3 aromatic rings. The molecule has 0 aliphatic heterocycles. The van der Waals surface area contributed by atoms with Crippen molar-refractivity contribution in [2.45, 2.75) is 44.8 Å². The first-order valence-electron chi connectivity index (χ1n) is 11.2. The number of nitrogens with one attached hydrogen (secondary N) is 1. The number of hydrogen-bond donors (Lipinski definition) is 3. The fourth-order valence-electron chi connectivity index (χ4n) is 4.26. The molecule has 1 fully saturated rings. The van der Waals surface area contributed by atoms with Crippen molar-refractivity contribution < 1.29 is 9.90 Å². The Morgan fingerprint density at radius 3 is 2.57 bits per heavy atom. The van der Waals surface area contributed by atoms with Gasteiger partial charge in [-0.1, -0.05) is 60.0 Å². The molecule has 184 valence electrons. The molecule has 0 radical (unpaired) electrons. The average molecular weight is 534 g/mol. The molecule has 1 aliphatic rings. The van der Waals surface area contributed by atoms with Gasteiger partial charge in [0.15, 0.2) is 5.69 Å². The summed E-state index contributed by atoms with van der Waals surface area (Å²) < 4.78 is 1.67. The molecule has 6 nitrogen and oxygen atoms in total. The van der Waals surface area contributed by atoms with Crippen LogP contribution in [-0.4, -0.2) is 39.5 Å². The summed E-state index contributed by atoms with van der Waals surface area (Å²) in [6.07, 6.45) is 2.82. The van der Waals surface area contributed by atoms with E-state index in [1.807, 2.05) is 31.2 Å². The number of carbonyl (C=O) groups excluding carboxylic acids is 1. The van der Waals surface area contributed by atoms with Gasteiger partial charge in [0.05, 0.1) is 35.1 Å². The molecular formula is C26H27Cl3N4O2. The number of aromatic nitrogens is 2. The predicted molar refractivity (Wildman–Crippen MR) is 143 cm³/mol. The second-order valence-corrected chi connectivity index (χ2v) is 9.19. The topological polar surface area (TPSA) is 93.2 Å². The number of benzene rings is 2. The van der Waals surface area contributed by atoms with Gasteiger partial charge in [0.25, 0.3) is 5.91 Å². The van der Waals surface area contributed by atoms with Crippen LogP contribution in [0.3, 0.4) is 0 Å². The van der Waals surface area contributed by atoms with Gasteiger partial charge >= 0.3 is 0 Å². The van der Waals surface area contributed by atoms with Gasteiger partial charge in [-0.2, -0.15) is 5.10 Å². The van der Waals surface area contributed by atoms with E-state index in [0.29, 0.717) is 27.7 Å². The van der Waals surface area contributed by atoms with Gasteiger partial charge in [0.2, 0.25) is 0 Å². The number of nitrogens with two attached hydrogens (primary N) is 1. The molecule has 0 unspecified atom stereocenters. The van der Waals surface area contributed by atoms with Gasteiger partial charge in [-0.15, -0.1) is 12.4 Å². The van der Waals surface area contributed by atoms with Crippen LogP contribution in [0.25, 0.3) is 16.9 Å². The number of carbonyl (C=O) groups is 1. The van der Waals surface area contributed by atoms with Crippen molar-refractivity contribution in [1.29, 1.82) is 0 Å². The third kappa shape index (κ3) is 6.00. The van der Waals surface area contributed by atoms with Crippen LogP contribution in [0.1, 0.15) is 47.3 Å². The van der Waals surface area contributed by atoms with E-state index in [0.717, 1.165) is 36.1 Å². The summed E-state index contributed by atoms with van der Waals surface area (Å²) >= 11 is 12.7. The zero-order chi connectivity index (χ0) is 24.2. The highest BCUT2D eigenvalue weighted by atomic mass is 35.5. The average Bonchev–Trinajstić information content (AvgIpc) is 3.16. The molecule has 1 amide bonds. The van der Waals surface area contributed by atoms with Crippen molar-refractivity contribution in [3.63, 3.8) is 0 Å². The van der Waals surface area contributed by atoms with Crippen molar-refractivity contribution in [1.82, 2.24) is 15.1 Å². The van der Waals surface area contributed by atoms with E-state index in [1.54, 1.807) is 22.9 Å². The summed E-state index contributed by atoms with van der Waals surface area (Å²) in [6.45, 7) is 2.11. The molecule has 1 heterocycles. The maximum atomic E-state index is 13.2. The summed E-state index contributed by atoms with van der Waals surface area (Å²) in [6, 6.07) is 12.5. The minimum atomic E-state index is -0.549. The Hall–Kier alpha value is -2.53. The van der Waals surface area contributed by atoms with Crippen LogP contribution >= 0.6 is 35.6 Å². The summed E-state index contributed by atoms with van der Waals surface area (Å²) in [5.41, 5.74) is 9.38. The lowest BCUT2D eigenvalue weighted by atomic mass is 9.92. The van der Waals surface area contributed by atoms with Crippen LogP contribution in [0, 0.1) is 18.8 Å². The van der Waals surface area contributed by atoms with Gasteiger partial charge in [0.1, 0.15) is 0 Å². The fraction of sp³-hybridized carbons (Fsp3) is 0.308. The maximum absolute atomic E-state index is 13.2. The summed E-state index contributed by atoms with van der Waals surface area (Å²) in [5, 5.41) is 19.0. The molecule has 9 heteroatoms. The highest BCUT2D eigenvalue weighted by Gasteiger charge is 2.28. The van der Waals surface area contributed by atoms with Gasteiger partial charge in [0, 0.05) is 21.7 Å². The highest BCUT2D eigenvalue weighted by molar-refractivity contribution is 6.32. The van der Waals surface area contributed by atoms with Crippen LogP contribution in [0.15, 0.2) is 42.5 Å². The number of aliphatic hydroxyl groups is 1. The quantitative estimate of drug-likeness (QED) is 0.415. The highest BCUT2D eigenvalue weighted by Crippen LogP contribution is 2.33. The fourth-order valence-corrected chi connectivity index (χ4v) is 4.65. The van der Waals surface area contributed by atoms with E-state index in [4.69, 9.17) is 28.9 Å². The van der Waals surface area contributed by atoms with Gasteiger partial charge < -0.3 is 16.2 Å². The van der Waals surface area contributed by atoms with Crippen LogP contribution in [0.2, 0.25) is 10.0 Å². The molecule has 1 aliphatic carbocycles. The normalized spacial score (nSPS) is 17.2. The van der Waals surface area contributed by atoms with Gasteiger partial charge in [-0.25, -0.2) is 4.68 Å². The Morgan fingerprint density at radius 2 is 1.91 bits per heavy atom. The Morgan fingerprint density at radius 1 is 1.20 bits per heavy atom. The molecule has 4 N–H and O–H groups in total. The summed E-state index contributed by atoms with van der Waals surface area (Å²) in [4.78, 5) is 13.2. The molecule has 4 rings (SSSR count). The van der Waals surface area contributed by atoms with Crippen molar-refractivity contribution in [3.05, 3.63) is 69.3 Å². The second kappa shape index (κ2) is 11.9. The second-order valence-electron chi connectivity index (χ2n) is 8.34. The molecule has 0 spiro atoms. The van der Waals surface area contributed by atoms with E-state index in [1.165, 1.54) is 0 Å². The lowest BCUT2D eigenvalue weighted by Crippen LogP contribution is -2.45. The number of hydrogen-bond acceptors (Lipinski definition) is 4. The molecular weight excluding hydrogens is 507 g/mol. The molecule has 35 heavy (non-hydrogen) atoms. The first-order chi connectivity index (χ1) is 16.4. The van der Waals surface area contributed by atoms with Crippen LogP contribution in [-0.2, 0) is 0 Å². The van der Waals surface area contributed by atoms with E-state index in [2.05, 4.69) is 22.3 Å². The maximum Gasteiger partial charge on any atom is 0.272 e. The zero-order valence-electron chi connectivity index (χ0n) is 19.2. The van der Waals surface area contributed by atoms with E-state index in [9.17, 15) is 9.90 Å². The lowest BCUT2D eigenvalue weighted by molar-refractivity contribution is 0.0713. The van der Waals surface area contributed by atoms with E-state index in [-0.39, 0.29) is 36.6 Å². The van der Waals surface area contributed by atoms with Gasteiger partial charge in [-0.3, -0.25) is 4.79 Å². The summed E-state index contributed by atoms with van der Waals surface area (Å²) in [7, 11) is 0. The third-order valence-corrected chi connectivity index (χ3v) is 6.57. The molecule has 1 saturated carbocycles. The molecule has 2 aromatic carbocycles. The first kappa shape index (κ1) is 27.1. The standard InChI is InChI=1S/C26H26Cl2N4O2.ClH/c1-16-24(26(34)30-21-6-2-3-7-23(21)33)31-32(25(16)18-9-11-19(27)12-10-18)22-13-8-17(5-4-14-29)15-20(22)28;/h8-13,15,21,23,33H,2-3,6-7,14,29H2,1H3,(H,30,34);1H/t21-,23+;/m0./s1. The van der Waals surface area contributed by atoms with E-state index >= 15 is 0 Å². The van der Waals surface area contributed by atoms with Crippen LogP contribution in [0.5, 0.6) is 0 Å². The predicted octanol–water partition coefficient (Wildman–Crippen LogP) is 4.92. The Bertz CT molecular complexity index is 1260. The van der Waals surface area contributed by atoms with Gasteiger partial charge in [-0.05, 0) is 50.1 Å². The number of amides is 1. The zero-order valence-corrected chi connectivity index (χ0v) is 21.6. The monoisotopic (exact) mass is 532 g/mol. The van der Waals surface area contributed by atoms with Crippen LogP contribution < -0.4 is 11.1 Å². The number of aliphatic hydroxyl groups excluding tert-OH is 1. The minimum absolute atomic E-state index is 0. The van der Waals surface area contributed by atoms with E-state index < -0.39 is 6.10 Å². The minimum Gasteiger partial charge on any atom is -0.391 e. The first-order valence-corrected chi connectivity index (χ1v) is 12.0. The van der Waals surface area contributed by atoms with Crippen molar-refractivity contribution >= 4 is 41.5 Å². The third-order valence-electron chi connectivity index (χ3n) is 6.01. The summed E-state index contributed by atoms with van der Waals surface area (Å²) in [5.74, 6) is 5.46. The Kier molecular flexibility index (Phi) is 9.23. The largest absolute Gasteiger partial charge is 0.391 e.